The Labute approximate surface area is 210 Å². The maximum absolute atomic E-state index is 13.2. The van der Waals surface area contributed by atoms with Crippen molar-refractivity contribution in [1.29, 1.82) is 0 Å². The SMILES string of the molecule is CC(OC[C@H](O)CNC(C)(C)CC1Cc2ccccc2C1)c1cc(C(F)(F)F)ccc1CCC(=O)O. The number of rotatable bonds is 12. The molecule has 2 aromatic rings. The molecule has 0 saturated carbocycles. The largest absolute Gasteiger partial charge is 0.481 e. The summed E-state index contributed by atoms with van der Waals surface area (Å²) >= 11 is 0. The minimum Gasteiger partial charge on any atom is -0.481 e. The number of aliphatic hydroxyl groups is 1. The van der Waals surface area contributed by atoms with Crippen molar-refractivity contribution >= 4 is 5.97 Å². The van der Waals surface area contributed by atoms with Gasteiger partial charge >= 0.3 is 12.1 Å². The number of β-amino-alcohol motifs (C(OH)–C–C–N with tert-alkyl or cyclic N) is 1. The summed E-state index contributed by atoms with van der Waals surface area (Å²) in [6, 6.07) is 11.8. The van der Waals surface area contributed by atoms with E-state index in [-0.39, 0.29) is 37.1 Å². The number of carbonyl (C=O) groups is 1. The van der Waals surface area contributed by atoms with Crippen molar-refractivity contribution in [1.82, 2.24) is 5.32 Å². The van der Waals surface area contributed by atoms with Crippen LogP contribution in [0.3, 0.4) is 0 Å². The van der Waals surface area contributed by atoms with E-state index in [1.165, 1.54) is 17.2 Å². The average Bonchev–Trinajstić information content (AvgIpc) is 3.20. The molecule has 5 nitrogen and oxygen atoms in total. The lowest BCUT2D eigenvalue weighted by Crippen LogP contribution is -2.45. The lowest BCUT2D eigenvalue weighted by atomic mass is 9.88. The highest BCUT2D eigenvalue weighted by atomic mass is 19.4. The van der Waals surface area contributed by atoms with Crippen molar-refractivity contribution in [2.24, 2.45) is 5.92 Å². The number of benzene rings is 2. The van der Waals surface area contributed by atoms with E-state index in [4.69, 9.17) is 9.84 Å². The number of hydrogen-bond acceptors (Lipinski definition) is 4. The topological polar surface area (TPSA) is 78.8 Å². The number of carboxylic acids is 1. The predicted molar refractivity (Wildman–Crippen MR) is 132 cm³/mol. The fourth-order valence-electron chi connectivity index (χ4n) is 5.01. The zero-order valence-corrected chi connectivity index (χ0v) is 21.1. The van der Waals surface area contributed by atoms with E-state index in [1.807, 2.05) is 0 Å². The van der Waals surface area contributed by atoms with E-state index < -0.39 is 29.9 Å². The first-order valence-electron chi connectivity index (χ1n) is 12.4. The van der Waals surface area contributed by atoms with Crippen LogP contribution in [-0.4, -0.2) is 41.0 Å². The normalized spacial score (nSPS) is 16.1. The number of carboxylic acid groups (broad SMARTS) is 1. The highest BCUT2D eigenvalue weighted by Gasteiger charge is 2.32. The monoisotopic (exact) mass is 507 g/mol. The molecule has 0 heterocycles. The average molecular weight is 508 g/mol. The third-order valence-corrected chi connectivity index (χ3v) is 6.81. The number of halogens is 3. The smallest absolute Gasteiger partial charge is 0.416 e. The highest BCUT2D eigenvalue weighted by molar-refractivity contribution is 5.67. The van der Waals surface area contributed by atoms with Crippen LogP contribution in [0, 0.1) is 5.92 Å². The molecule has 0 aromatic heterocycles. The third kappa shape index (κ3) is 8.05. The third-order valence-electron chi connectivity index (χ3n) is 6.81. The second-order valence-corrected chi connectivity index (χ2v) is 10.4. The highest BCUT2D eigenvalue weighted by Crippen LogP contribution is 2.34. The number of aliphatic carboxylic acids is 1. The Bertz CT molecular complexity index is 1010. The molecule has 2 aromatic carbocycles. The number of aryl methyl sites for hydroxylation is 1. The molecule has 0 radical (unpaired) electrons. The quantitative estimate of drug-likeness (QED) is 0.362. The van der Waals surface area contributed by atoms with E-state index >= 15 is 0 Å². The fourth-order valence-corrected chi connectivity index (χ4v) is 5.01. The van der Waals surface area contributed by atoms with Gasteiger partial charge in [0.1, 0.15) is 0 Å². The minimum absolute atomic E-state index is 0.0618. The number of nitrogens with one attached hydrogen (secondary N) is 1. The van der Waals surface area contributed by atoms with Gasteiger partial charge in [0.15, 0.2) is 0 Å². The molecular weight excluding hydrogens is 471 g/mol. The Hall–Kier alpha value is -2.42. The van der Waals surface area contributed by atoms with E-state index in [0.29, 0.717) is 11.5 Å². The molecular formula is C28H36F3NO4. The van der Waals surface area contributed by atoms with Gasteiger partial charge in [-0.3, -0.25) is 4.79 Å². The molecule has 0 spiro atoms. The lowest BCUT2D eigenvalue weighted by Gasteiger charge is -2.31. The first-order chi connectivity index (χ1) is 16.8. The molecule has 2 atom stereocenters. The molecule has 198 valence electrons. The summed E-state index contributed by atoms with van der Waals surface area (Å²) in [5.41, 5.74) is 2.56. The zero-order chi connectivity index (χ0) is 26.5. The van der Waals surface area contributed by atoms with Crippen LogP contribution in [0.25, 0.3) is 0 Å². The lowest BCUT2D eigenvalue weighted by molar-refractivity contribution is -0.138. The molecule has 36 heavy (non-hydrogen) atoms. The Morgan fingerprint density at radius 3 is 2.36 bits per heavy atom. The summed E-state index contributed by atoms with van der Waals surface area (Å²) in [7, 11) is 0. The van der Waals surface area contributed by atoms with Crippen molar-refractivity contribution < 1.29 is 32.9 Å². The van der Waals surface area contributed by atoms with E-state index in [9.17, 15) is 23.1 Å². The van der Waals surface area contributed by atoms with Gasteiger partial charge in [-0.15, -0.1) is 0 Å². The van der Waals surface area contributed by atoms with Gasteiger partial charge in [-0.1, -0.05) is 30.3 Å². The number of alkyl halides is 3. The van der Waals surface area contributed by atoms with Gasteiger partial charge in [0.25, 0.3) is 0 Å². The van der Waals surface area contributed by atoms with Crippen LogP contribution in [0.5, 0.6) is 0 Å². The number of hydrogen-bond donors (Lipinski definition) is 3. The molecule has 0 fully saturated rings. The van der Waals surface area contributed by atoms with Crippen LogP contribution in [-0.2, 0) is 35.0 Å². The molecule has 0 bridgehead atoms. The minimum atomic E-state index is -4.52. The molecule has 0 aliphatic heterocycles. The van der Waals surface area contributed by atoms with Crippen LogP contribution >= 0.6 is 0 Å². The second-order valence-electron chi connectivity index (χ2n) is 10.4. The number of aliphatic hydroxyl groups excluding tert-OH is 1. The Balaban J connectivity index is 1.53. The van der Waals surface area contributed by atoms with Gasteiger partial charge < -0.3 is 20.3 Å². The van der Waals surface area contributed by atoms with Crippen molar-refractivity contribution in [2.45, 2.75) is 76.8 Å². The maximum Gasteiger partial charge on any atom is 0.416 e. The molecule has 3 N–H and O–H groups in total. The van der Waals surface area contributed by atoms with Crippen LogP contribution in [0.15, 0.2) is 42.5 Å². The van der Waals surface area contributed by atoms with Crippen LogP contribution < -0.4 is 5.32 Å². The molecule has 8 heteroatoms. The molecule has 1 aliphatic rings. The Morgan fingerprint density at radius 2 is 1.78 bits per heavy atom. The standard InChI is InChI=1S/C28H36F3NO4/c1-18(25-14-23(28(29,30)31)10-8-20(25)9-11-26(34)35)36-17-24(33)16-32-27(2,3)15-19-12-21-6-4-5-7-22(21)13-19/h4-8,10,14,18-19,24,32-33H,9,11-13,15-17H2,1-3H3,(H,34,35)/t18?,24-/m1/s1. The van der Waals surface area contributed by atoms with Gasteiger partial charge in [0.2, 0.25) is 0 Å². The zero-order valence-electron chi connectivity index (χ0n) is 21.1. The molecule has 1 aliphatic carbocycles. The van der Waals surface area contributed by atoms with Gasteiger partial charge in [0, 0.05) is 18.5 Å². The van der Waals surface area contributed by atoms with Crippen LogP contribution in [0.1, 0.15) is 67.5 Å². The maximum atomic E-state index is 13.2. The van der Waals surface area contributed by atoms with Crippen LogP contribution in [0.4, 0.5) is 13.2 Å². The first-order valence-corrected chi connectivity index (χ1v) is 12.4. The summed E-state index contributed by atoms with van der Waals surface area (Å²) in [5.74, 6) is -0.497. The summed E-state index contributed by atoms with van der Waals surface area (Å²) in [4.78, 5) is 11.0. The van der Waals surface area contributed by atoms with E-state index in [2.05, 4.69) is 43.4 Å². The predicted octanol–water partition coefficient (Wildman–Crippen LogP) is 5.33. The van der Waals surface area contributed by atoms with Gasteiger partial charge in [-0.25, -0.2) is 0 Å². The summed E-state index contributed by atoms with van der Waals surface area (Å²) in [6.45, 7) is 6.04. The Kier molecular flexibility index (Phi) is 9.19. The van der Waals surface area contributed by atoms with Gasteiger partial charge in [-0.2, -0.15) is 13.2 Å². The molecule has 3 rings (SSSR count). The summed E-state index contributed by atoms with van der Waals surface area (Å²) in [6.07, 6.45) is -3.16. The molecule has 1 unspecified atom stereocenters. The van der Waals surface area contributed by atoms with Gasteiger partial charge in [0.05, 0.1) is 24.4 Å². The van der Waals surface area contributed by atoms with Crippen molar-refractivity contribution in [3.05, 3.63) is 70.3 Å². The fraction of sp³-hybridized carbons (Fsp3) is 0.536. The van der Waals surface area contributed by atoms with E-state index in [1.54, 1.807) is 6.92 Å². The van der Waals surface area contributed by atoms with E-state index in [0.717, 1.165) is 31.4 Å². The van der Waals surface area contributed by atoms with Crippen molar-refractivity contribution in [3.8, 4) is 0 Å². The molecule has 0 saturated heterocycles. The first kappa shape index (κ1) is 28.2. The number of ether oxygens (including phenoxy) is 1. The van der Waals surface area contributed by atoms with Crippen molar-refractivity contribution in [2.75, 3.05) is 13.2 Å². The Morgan fingerprint density at radius 1 is 1.14 bits per heavy atom. The summed E-state index contributed by atoms with van der Waals surface area (Å²) in [5, 5.41) is 22.9. The molecule has 0 amide bonds. The van der Waals surface area contributed by atoms with Gasteiger partial charge in [-0.05, 0) is 86.8 Å². The summed E-state index contributed by atoms with van der Waals surface area (Å²) < 4.78 is 45.5. The van der Waals surface area contributed by atoms with Crippen LogP contribution in [0.2, 0.25) is 0 Å². The van der Waals surface area contributed by atoms with Crippen molar-refractivity contribution in [3.63, 3.8) is 0 Å². The number of fused-ring (bicyclic) bond motifs is 1. The second kappa shape index (κ2) is 11.8.